The second-order valence-electron chi connectivity index (χ2n) is 4.38. The average Bonchev–Trinajstić information content (AvgIpc) is 2.42. The van der Waals surface area contributed by atoms with Gasteiger partial charge in [0, 0.05) is 23.7 Å². The predicted molar refractivity (Wildman–Crippen MR) is 76.4 cm³/mol. The molecule has 0 saturated heterocycles. The van der Waals surface area contributed by atoms with Crippen LogP contribution in [0.15, 0.2) is 30.5 Å². The Bertz CT molecular complexity index is 659. The highest BCUT2D eigenvalue weighted by atomic mass is 35.5. The van der Waals surface area contributed by atoms with E-state index in [2.05, 4.69) is 4.98 Å². The van der Waals surface area contributed by atoms with Gasteiger partial charge in [0.15, 0.2) is 0 Å². The van der Waals surface area contributed by atoms with Gasteiger partial charge >= 0.3 is 5.69 Å². The van der Waals surface area contributed by atoms with Gasteiger partial charge in [-0.2, -0.15) is 0 Å². The molecule has 0 spiro atoms. The first kappa shape index (κ1) is 14.3. The van der Waals surface area contributed by atoms with Crippen LogP contribution >= 0.6 is 11.6 Å². The van der Waals surface area contributed by atoms with Crippen molar-refractivity contribution in [1.82, 2.24) is 4.98 Å². The van der Waals surface area contributed by atoms with E-state index in [4.69, 9.17) is 16.3 Å². The Kier molecular flexibility index (Phi) is 4.20. The molecule has 0 amide bonds. The van der Waals surface area contributed by atoms with Gasteiger partial charge < -0.3 is 4.74 Å². The number of aryl methyl sites for hydroxylation is 2. The Labute approximate surface area is 121 Å². The Morgan fingerprint density at radius 2 is 2.10 bits per heavy atom. The van der Waals surface area contributed by atoms with Crippen molar-refractivity contribution in [1.29, 1.82) is 0 Å². The lowest BCUT2D eigenvalue weighted by Gasteiger charge is -2.10. The highest BCUT2D eigenvalue weighted by molar-refractivity contribution is 6.17. The minimum atomic E-state index is -0.467. The third-order valence-corrected chi connectivity index (χ3v) is 3.14. The van der Waals surface area contributed by atoms with Crippen molar-refractivity contribution in [3.05, 3.63) is 57.3 Å². The van der Waals surface area contributed by atoms with Gasteiger partial charge in [0.2, 0.25) is 11.6 Å². The first-order chi connectivity index (χ1) is 9.52. The molecule has 5 nitrogen and oxygen atoms in total. The van der Waals surface area contributed by atoms with Gasteiger partial charge in [-0.1, -0.05) is 12.1 Å². The molecule has 0 aliphatic carbocycles. The van der Waals surface area contributed by atoms with Gasteiger partial charge in [0.1, 0.15) is 0 Å². The summed E-state index contributed by atoms with van der Waals surface area (Å²) in [4.78, 5) is 14.7. The number of nitrogens with zero attached hydrogens (tertiary/aromatic N) is 2. The molecule has 0 radical (unpaired) electrons. The zero-order chi connectivity index (χ0) is 14.7. The Hall–Kier alpha value is -2.14. The summed E-state index contributed by atoms with van der Waals surface area (Å²) in [6.07, 6.45) is 1.60. The minimum absolute atomic E-state index is 0.0763. The molecule has 0 aliphatic rings. The molecule has 20 heavy (non-hydrogen) atoms. The number of pyridine rings is 1. The third-order valence-electron chi connectivity index (χ3n) is 2.83. The second kappa shape index (κ2) is 5.88. The molecular weight excluding hydrogens is 280 g/mol. The molecule has 1 aromatic heterocycles. The van der Waals surface area contributed by atoms with Crippen molar-refractivity contribution in [2.75, 3.05) is 0 Å². The maximum Gasteiger partial charge on any atom is 0.311 e. The summed E-state index contributed by atoms with van der Waals surface area (Å²) in [5, 5.41) is 11.0. The van der Waals surface area contributed by atoms with E-state index < -0.39 is 4.92 Å². The average molecular weight is 293 g/mol. The van der Waals surface area contributed by atoms with Crippen LogP contribution in [0.3, 0.4) is 0 Å². The Morgan fingerprint density at radius 1 is 1.35 bits per heavy atom. The van der Waals surface area contributed by atoms with Crippen LogP contribution in [0.5, 0.6) is 11.6 Å². The van der Waals surface area contributed by atoms with E-state index in [0.717, 1.165) is 11.1 Å². The van der Waals surface area contributed by atoms with Crippen molar-refractivity contribution in [3.63, 3.8) is 0 Å². The van der Waals surface area contributed by atoms with Crippen molar-refractivity contribution < 1.29 is 9.66 Å². The van der Waals surface area contributed by atoms with Crippen molar-refractivity contribution in [2.45, 2.75) is 19.7 Å². The lowest BCUT2D eigenvalue weighted by molar-refractivity contribution is -0.385. The fraction of sp³-hybridized carbons (Fsp3) is 0.214. The molecule has 104 valence electrons. The smallest absolute Gasteiger partial charge is 0.311 e. The van der Waals surface area contributed by atoms with Crippen molar-refractivity contribution in [2.24, 2.45) is 0 Å². The summed E-state index contributed by atoms with van der Waals surface area (Å²) in [6, 6.07) is 6.63. The Balaban J connectivity index is 2.42. The Morgan fingerprint density at radius 3 is 2.70 bits per heavy atom. The maximum absolute atomic E-state index is 11.0. The zero-order valence-electron chi connectivity index (χ0n) is 11.1. The van der Waals surface area contributed by atoms with E-state index in [-0.39, 0.29) is 11.4 Å². The molecule has 0 bridgehead atoms. The predicted octanol–water partition coefficient (Wildman–Crippen LogP) is 4.14. The lowest BCUT2D eigenvalue weighted by Crippen LogP contribution is -1.98. The topological polar surface area (TPSA) is 65.3 Å². The molecule has 2 aromatic rings. The van der Waals surface area contributed by atoms with Crippen LogP contribution in [0.1, 0.15) is 16.7 Å². The minimum Gasteiger partial charge on any atom is -0.431 e. The molecule has 0 fully saturated rings. The number of rotatable bonds is 4. The molecule has 2 rings (SSSR count). The fourth-order valence-corrected chi connectivity index (χ4v) is 1.96. The van der Waals surface area contributed by atoms with E-state index in [9.17, 15) is 10.1 Å². The largest absolute Gasteiger partial charge is 0.431 e. The van der Waals surface area contributed by atoms with Gasteiger partial charge in [-0.05, 0) is 31.0 Å². The molecule has 0 N–H and O–H groups in total. The molecular formula is C14H13ClN2O3. The molecule has 0 unspecified atom stereocenters. The second-order valence-corrected chi connectivity index (χ2v) is 4.65. The SMILES string of the molecule is Cc1cc(CCl)cnc1Oc1c(C)cccc1[N+](=O)[O-]. The number of nitro groups is 1. The van der Waals surface area contributed by atoms with E-state index in [1.165, 1.54) is 6.07 Å². The van der Waals surface area contributed by atoms with Gasteiger partial charge in [0.25, 0.3) is 0 Å². The number of aromatic nitrogens is 1. The van der Waals surface area contributed by atoms with E-state index in [1.807, 2.05) is 13.0 Å². The summed E-state index contributed by atoms with van der Waals surface area (Å²) in [5.41, 5.74) is 2.26. The first-order valence-corrected chi connectivity index (χ1v) is 6.49. The molecule has 0 atom stereocenters. The highest BCUT2D eigenvalue weighted by Crippen LogP contribution is 2.34. The number of benzene rings is 1. The van der Waals surface area contributed by atoms with Crippen LogP contribution in [0.25, 0.3) is 0 Å². The van der Waals surface area contributed by atoms with Gasteiger partial charge in [-0.25, -0.2) is 4.98 Å². The summed E-state index contributed by atoms with van der Waals surface area (Å²) in [5.74, 6) is 0.918. The van der Waals surface area contributed by atoms with E-state index >= 15 is 0 Å². The van der Waals surface area contributed by atoms with Crippen LogP contribution in [0.2, 0.25) is 0 Å². The van der Waals surface area contributed by atoms with Crippen LogP contribution in [0.4, 0.5) is 5.69 Å². The quantitative estimate of drug-likeness (QED) is 0.482. The molecule has 0 saturated carbocycles. The van der Waals surface area contributed by atoms with Crippen LogP contribution < -0.4 is 4.74 Å². The van der Waals surface area contributed by atoms with Gasteiger partial charge in [0.05, 0.1) is 4.92 Å². The summed E-state index contributed by atoms with van der Waals surface area (Å²) < 4.78 is 5.64. The highest BCUT2D eigenvalue weighted by Gasteiger charge is 2.19. The number of para-hydroxylation sites is 1. The van der Waals surface area contributed by atoms with E-state index in [0.29, 0.717) is 17.3 Å². The summed E-state index contributed by atoms with van der Waals surface area (Å²) >= 11 is 5.73. The maximum atomic E-state index is 11.0. The van der Waals surface area contributed by atoms with Gasteiger partial charge in [-0.3, -0.25) is 10.1 Å². The summed E-state index contributed by atoms with van der Waals surface area (Å²) in [6.45, 7) is 3.58. The lowest BCUT2D eigenvalue weighted by atomic mass is 10.2. The zero-order valence-corrected chi connectivity index (χ0v) is 11.8. The number of hydrogen-bond donors (Lipinski definition) is 0. The number of nitro benzene ring substituents is 1. The van der Waals surface area contributed by atoms with Crippen molar-refractivity contribution in [3.8, 4) is 11.6 Å². The number of halogens is 1. The summed E-state index contributed by atoms with van der Waals surface area (Å²) in [7, 11) is 0. The van der Waals surface area contributed by atoms with Crippen LogP contribution in [0, 0.1) is 24.0 Å². The van der Waals surface area contributed by atoms with E-state index in [1.54, 1.807) is 25.3 Å². The number of hydrogen-bond acceptors (Lipinski definition) is 4. The normalized spacial score (nSPS) is 10.3. The number of ether oxygens (including phenoxy) is 1. The third kappa shape index (κ3) is 2.88. The molecule has 0 aliphatic heterocycles. The standard InChI is InChI=1S/C14H13ClN2O3/c1-9-4-3-5-12(17(18)19)13(9)20-14-10(2)6-11(7-15)8-16-14/h3-6,8H,7H2,1-2H3. The fourth-order valence-electron chi connectivity index (χ4n) is 1.81. The van der Waals surface area contributed by atoms with Crippen molar-refractivity contribution >= 4 is 17.3 Å². The van der Waals surface area contributed by atoms with Crippen LogP contribution in [-0.2, 0) is 5.88 Å². The molecule has 1 aromatic carbocycles. The van der Waals surface area contributed by atoms with Crippen LogP contribution in [-0.4, -0.2) is 9.91 Å². The van der Waals surface area contributed by atoms with Gasteiger partial charge in [-0.15, -0.1) is 11.6 Å². The monoisotopic (exact) mass is 292 g/mol. The molecule has 6 heteroatoms. The molecule has 1 heterocycles. The first-order valence-electron chi connectivity index (χ1n) is 5.96. The number of alkyl halides is 1.